The predicted molar refractivity (Wildman–Crippen MR) is 84.0 cm³/mol. The number of likely N-dealkylation sites (tertiary alicyclic amines) is 1. The Hall–Kier alpha value is -0.0400. The zero-order valence-corrected chi connectivity index (χ0v) is 13.1. The van der Waals surface area contributed by atoms with Gasteiger partial charge in [-0.2, -0.15) is 0 Å². The van der Waals surface area contributed by atoms with Crippen LogP contribution in [0.5, 0.6) is 0 Å². The molecule has 0 bridgehead atoms. The van der Waals surface area contributed by atoms with Gasteiger partial charge in [-0.05, 0) is 63.5 Å². The second-order valence-electron chi connectivity index (χ2n) is 7.36. The topological polar surface area (TPSA) is 3.24 Å². The summed E-state index contributed by atoms with van der Waals surface area (Å²) < 4.78 is 0. The molecule has 1 fully saturated rings. The molecule has 0 radical (unpaired) electrons. The molecule has 0 unspecified atom stereocenters. The SMILES string of the molecule is C.CCC(C)(C)C(C)(C)N1CCC(C(C)C)CC1. The molecule has 0 spiro atoms. The first-order valence-corrected chi connectivity index (χ1v) is 7.47. The Morgan fingerprint density at radius 3 is 1.83 bits per heavy atom. The third-order valence-electron chi connectivity index (χ3n) is 5.81. The molecule has 1 nitrogen and oxygen atoms in total. The molecule has 0 aromatic carbocycles. The van der Waals surface area contributed by atoms with Crippen molar-refractivity contribution in [3.8, 4) is 0 Å². The predicted octanol–water partition coefficient (Wildman–Crippen LogP) is 5.21. The third kappa shape index (κ3) is 3.50. The first-order chi connectivity index (χ1) is 7.72. The summed E-state index contributed by atoms with van der Waals surface area (Å²) in [5.41, 5.74) is 0.724. The Labute approximate surface area is 116 Å². The maximum atomic E-state index is 2.73. The van der Waals surface area contributed by atoms with Crippen molar-refractivity contribution in [2.24, 2.45) is 17.3 Å². The molecule has 0 saturated carbocycles. The van der Waals surface area contributed by atoms with Gasteiger partial charge in [0.25, 0.3) is 0 Å². The molecular weight excluding hydrogens is 218 g/mol. The van der Waals surface area contributed by atoms with E-state index in [9.17, 15) is 0 Å². The van der Waals surface area contributed by atoms with Crippen LogP contribution in [-0.2, 0) is 0 Å². The summed E-state index contributed by atoms with van der Waals surface area (Å²) in [5.74, 6) is 1.81. The lowest BCUT2D eigenvalue weighted by molar-refractivity contribution is -0.0178. The molecule has 1 rings (SSSR count). The summed E-state index contributed by atoms with van der Waals surface area (Å²) in [5, 5.41) is 0. The minimum Gasteiger partial charge on any atom is -0.298 e. The molecule has 0 aromatic heterocycles. The third-order valence-corrected chi connectivity index (χ3v) is 5.81. The highest BCUT2D eigenvalue weighted by Crippen LogP contribution is 2.40. The van der Waals surface area contributed by atoms with Crippen molar-refractivity contribution in [3.05, 3.63) is 0 Å². The van der Waals surface area contributed by atoms with Gasteiger partial charge in [0.05, 0.1) is 0 Å². The second kappa shape index (κ2) is 6.41. The summed E-state index contributed by atoms with van der Waals surface area (Å²) in [6.07, 6.45) is 4.03. The van der Waals surface area contributed by atoms with Crippen LogP contribution in [0.4, 0.5) is 0 Å². The van der Waals surface area contributed by atoms with E-state index in [1.165, 1.54) is 32.4 Å². The normalized spacial score (nSPS) is 20.0. The van der Waals surface area contributed by atoms with Crippen molar-refractivity contribution in [1.29, 1.82) is 0 Å². The van der Waals surface area contributed by atoms with E-state index in [0.717, 1.165) is 11.8 Å². The Bertz CT molecular complexity index is 232. The number of rotatable bonds is 4. The lowest BCUT2D eigenvalue weighted by atomic mass is 9.70. The van der Waals surface area contributed by atoms with E-state index in [2.05, 4.69) is 53.4 Å². The van der Waals surface area contributed by atoms with Gasteiger partial charge in [-0.25, -0.2) is 0 Å². The number of nitrogens with zero attached hydrogens (tertiary/aromatic N) is 1. The van der Waals surface area contributed by atoms with E-state index in [0.29, 0.717) is 11.0 Å². The molecule has 1 aliphatic heterocycles. The highest BCUT2D eigenvalue weighted by atomic mass is 15.2. The van der Waals surface area contributed by atoms with Gasteiger partial charge in [0.1, 0.15) is 0 Å². The van der Waals surface area contributed by atoms with E-state index < -0.39 is 0 Å². The molecule has 0 N–H and O–H groups in total. The van der Waals surface area contributed by atoms with Crippen molar-refractivity contribution in [2.75, 3.05) is 13.1 Å². The molecule has 18 heavy (non-hydrogen) atoms. The largest absolute Gasteiger partial charge is 0.298 e. The van der Waals surface area contributed by atoms with Crippen LogP contribution in [0.2, 0.25) is 0 Å². The molecule has 0 aromatic rings. The van der Waals surface area contributed by atoms with Gasteiger partial charge in [-0.1, -0.05) is 42.0 Å². The average Bonchev–Trinajstić information content (AvgIpc) is 2.28. The van der Waals surface area contributed by atoms with E-state index in [1.807, 2.05) is 0 Å². The molecule has 0 aliphatic carbocycles. The molecule has 0 amide bonds. The van der Waals surface area contributed by atoms with Crippen LogP contribution in [0.25, 0.3) is 0 Å². The Balaban J connectivity index is 0.00000289. The lowest BCUT2D eigenvalue weighted by Crippen LogP contribution is -2.56. The quantitative estimate of drug-likeness (QED) is 0.667. The average molecular weight is 255 g/mol. The van der Waals surface area contributed by atoms with E-state index in [1.54, 1.807) is 0 Å². The maximum Gasteiger partial charge on any atom is 0.0204 e. The lowest BCUT2D eigenvalue weighted by Gasteiger charge is -2.52. The summed E-state index contributed by atoms with van der Waals surface area (Å²) >= 11 is 0. The Morgan fingerprint density at radius 2 is 1.50 bits per heavy atom. The van der Waals surface area contributed by atoms with Crippen LogP contribution < -0.4 is 0 Å². The standard InChI is InChI=1S/C16H33N.CH4/c1-8-15(4,5)16(6,7)17-11-9-14(10-12-17)13(2)3;/h13-14H,8-12H2,1-7H3;1H4. The Kier molecular flexibility index (Phi) is 6.40. The smallest absolute Gasteiger partial charge is 0.0204 e. The van der Waals surface area contributed by atoms with Crippen LogP contribution >= 0.6 is 0 Å². The van der Waals surface area contributed by atoms with Gasteiger partial charge < -0.3 is 0 Å². The van der Waals surface area contributed by atoms with Crippen molar-refractivity contribution in [1.82, 2.24) is 4.90 Å². The van der Waals surface area contributed by atoms with Gasteiger partial charge in [-0.3, -0.25) is 4.90 Å². The van der Waals surface area contributed by atoms with Crippen molar-refractivity contribution < 1.29 is 0 Å². The van der Waals surface area contributed by atoms with Crippen LogP contribution in [0.15, 0.2) is 0 Å². The number of piperidine rings is 1. The van der Waals surface area contributed by atoms with Gasteiger partial charge in [0.2, 0.25) is 0 Å². The zero-order valence-electron chi connectivity index (χ0n) is 13.1. The van der Waals surface area contributed by atoms with Crippen molar-refractivity contribution in [2.45, 2.75) is 80.7 Å². The molecular formula is C17H37N. The van der Waals surface area contributed by atoms with E-state index >= 15 is 0 Å². The maximum absolute atomic E-state index is 2.73. The minimum atomic E-state index is 0. The fourth-order valence-electron chi connectivity index (χ4n) is 2.99. The summed E-state index contributed by atoms with van der Waals surface area (Å²) in [7, 11) is 0. The molecule has 1 heteroatoms. The van der Waals surface area contributed by atoms with Gasteiger partial charge in [0, 0.05) is 5.54 Å². The zero-order chi connectivity index (χ0) is 13.3. The van der Waals surface area contributed by atoms with Crippen molar-refractivity contribution >= 4 is 0 Å². The van der Waals surface area contributed by atoms with E-state index in [-0.39, 0.29) is 7.43 Å². The van der Waals surface area contributed by atoms with Crippen molar-refractivity contribution in [3.63, 3.8) is 0 Å². The van der Waals surface area contributed by atoms with E-state index in [4.69, 9.17) is 0 Å². The molecule has 110 valence electrons. The highest BCUT2D eigenvalue weighted by molar-refractivity contribution is 4.96. The first kappa shape index (κ1) is 18.0. The summed E-state index contributed by atoms with van der Waals surface area (Å²) in [6, 6.07) is 0. The molecule has 0 atom stereocenters. The van der Waals surface area contributed by atoms with Crippen LogP contribution in [0.1, 0.15) is 75.2 Å². The Morgan fingerprint density at radius 1 is 1.06 bits per heavy atom. The minimum absolute atomic E-state index is 0. The fourth-order valence-corrected chi connectivity index (χ4v) is 2.99. The summed E-state index contributed by atoms with van der Waals surface area (Å²) in [4.78, 5) is 2.73. The summed E-state index contributed by atoms with van der Waals surface area (Å²) in [6.45, 7) is 19.4. The highest BCUT2D eigenvalue weighted by Gasteiger charge is 2.41. The van der Waals surface area contributed by atoms with Crippen LogP contribution in [0, 0.1) is 17.3 Å². The van der Waals surface area contributed by atoms with Gasteiger partial charge in [0.15, 0.2) is 0 Å². The monoisotopic (exact) mass is 255 g/mol. The fraction of sp³-hybridized carbons (Fsp3) is 1.00. The van der Waals surface area contributed by atoms with Gasteiger partial charge >= 0.3 is 0 Å². The molecule has 1 saturated heterocycles. The van der Waals surface area contributed by atoms with Gasteiger partial charge in [-0.15, -0.1) is 0 Å². The number of hydrogen-bond donors (Lipinski definition) is 0. The molecule has 1 heterocycles. The number of hydrogen-bond acceptors (Lipinski definition) is 1. The molecule has 1 aliphatic rings. The first-order valence-electron chi connectivity index (χ1n) is 7.47. The van der Waals surface area contributed by atoms with Crippen LogP contribution in [-0.4, -0.2) is 23.5 Å². The second-order valence-corrected chi connectivity index (χ2v) is 7.36. The van der Waals surface area contributed by atoms with Crippen LogP contribution in [0.3, 0.4) is 0 Å².